The summed E-state index contributed by atoms with van der Waals surface area (Å²) >= 11 is 0. The molecule has 53 heavy (non-hydrogen) atoms. The molecular weight excluding hydrogens is 743 g/mol. The van der Waals surface area contributed by atoms with Crippen molar-refractivity contribution in [2.24, 2.45) is 33.8 Å². The third kappa shape index (κ3) is 16.4. The van der Waals surface area contributed by atoms with Crippen LogP contribution in [-0.4, -0.2) is 142 Å². The third-order valence-corrected chi connectivity index (χ3v) is 10.3. The van der Waals surface area contributed by atoms with Crippen molar-refractivity contribution in [2.45, 2.75) is 94.9 Å². The number of hydrogen-bond donors (Lipinski definition) is 13. The number of aliphatic carboxylic acids is 1. The third-order valence-electron chi connectivity index (χ3n) is 7.82. The van der Waals surface area contributed by atoms with E-state index in [0.29, 0.717) is 6.42 Å². The summed E-state index contributed by atoms with van der Waals surface area (Å²) in [6.07, 6.45) is -2.22. The lowest BCUT2D eigenvalue weighted by atomic mass is 9.97. The summed E-state index contributed by atoms with van der Waals surface area (Å²) in [5.41, 5.74) is 22.2. The Balaban J connectivity index is 3.59. The maximum absolute atomic E-state index is 13.4. The second-order valence-electron chi connectivity index (χ2n) is 12.2. The topological polar surface area (TPSA) is 386 Å². The Morgan fingerprint density at radius 2 is 1.32 bits per heavy atom. The zero-order chi connectivity index (χ0) is 40.4. The first-order valence-corrected chi connectivity index (χ1v) is 19.0. The molecule has 17 N–H and O–H groups in total. The zero-order valence-electron chi connectivity index (χ0n) is 29.5. The van der Waals surface area contributed by atoms with E-state index in [0.717, 1.165) is 28.5 Å². The van der Waals surface area contributed by atoms with E-state index < -0.39 is 115 Å². The van der Waals surface area contributed by atoms with Gasteiger partial charge in [0.1, 0.15) is 36.3 Å². The Labute approximate surface area is 313 Å². The molecular formula is C29H51N11O11S2. The van der Waals surface area contributed by atoms with E-state index in [1.807, 2.05) is 0 Å². The van der Waals surface area contributed by atoms with Gasteiger partial charge < -0.3 is 70.2 Å². The van der Waals surface area contributed by atoms with Gasteiger partial charge >= 0.3 is 5.97 Å². The van der Waals surface area contributed by atoms with Gasteiger partial charge in [0.25, 0.3) is 0 Å². The van der Waals surface area contributed by atoms with Crippen LogP contribution in [0.15, 0.2) is 4.99 Å². The molecule has 1 fully saturated rings. The van der Waals surface area contributed by atoms with Gasteiger partial charge in [-0.25, -0.2) is 0 Å². The summed E-state index contributed by atoms with van der Waals surface area (Å²) in [6, 6.07) is -10.6. The Kier molecular flexibility index (Phi) is 20.5. The Morgan fingerprint density at radius 3 is 1.87 bits per heavy atom. The van der Waals surface area contributed by atoms with Gasteiger partial charge in [-0.15, -0.1) is 0 Å². The molecule has 22 nitrogen and oxygen atoms in total. The number of carbonyl (C=O) groups excluding carboxylic acids is 7. The van der Waals surface area contributed by atoms with Crippen molar-refractivity contribution < 1.29 is 53.7 Å². The van der Waals surface area contributed by atoms with Gasteiger partial charge in [-0.3, -0.25) is 43.3 Å². The summed E-state index contributed by atoms with van der Waals surface area (Å²) in [5, 5.41) is 43.8. The van der Waals surface area contributed by atoms with Crippen molar-refractivity contribution >= 4 is 74.9 Å². The first kappa shape index (κ1) is 46.6. The molecule has 1 aliphatic heterocycles. The number of hydrogen-bond acceptors (Lipinski definition) is 14. The predicted molar refractivity (Wildman–Crippen MR) is 194 cm³/mol. The van der Waals surface area contributed by atoms with E-state index >= 15 is 0 Å². The zero-order valence-corrected chi connectivity index (χ0v) is 31.2. The SMILES string of the molecule is CC[C@H](C)[C@H]1NC(=O)[C@H]([C@@H](C)O)NC(=O)[C@@H](CC(=O)O)NC(=O)[C@H](CO)NC(=O)[C@@H](CCCN=C(N)N)NC(=O)[C@H](N)CSSC[C@H](C(N)=O)NC1=O. The van der Waals surface area contributed by atoms with Gasteiger partial charge in [-0.1, -0.05) is 41.9 Å². The molecule has 1 heterocycles. The number of guanidine groups is 1. The van der Waals surface area contributed by atoms with Crippen LogP contribution in [0.5, 0.6) is 0 Å². The van der Waals surface area contributed by atoms with Crippen LogP contribution in [0.3, 0.4) is 0 Å². The van der Waals surface area contributed by atoms with E-state index in [1.54, 1.807) is 13.8 Å². The quantitative estimate of drug-likeness (QED) is 0.0401. The van der Waals surface area contributed by atoms with Crippen molar-refractivity contribution in [3.63, 3.8) is 0 Å². The van der Waals surface area contributed by atoms with Crippen LogP contribution in [0, 0.1) is 5.92 Å². The molecule has 0 aromatic rings. The van der Waals surface area contributed by atoms with Crippen LogP contribution in [0.1, 0.15) is 46.5 Å². The molecule has 0 unspecified atom stereocenters. The fraction of sp³-hybridized carbons (Fsp3) is 0.690. The molecule has 24 heteroatoms. The van der Waals surface area contributed by atoms with Gasteiger partial charge in [0.05, 0.1) is 25.2 Å². The molecule has 1 aliphatic rings. The van der Waals surface area contributed by atoms with Gasteiger partial charge in [-0.2, -0.15) is 0 Å². The van der Waals surface area contributed by atoms with Crippen molar-refractivity contribution in [3.05, 3.63) is 0 Å². The fourth-order valence-electron chi connectivity index (χ4n) is 4.55. The van der Waals surface area contributed by atoms with E-state index in [4.69, 9.17) is 22.9 Å². The lowest BCUT2D eigenvalue weighted by Crippen LogP contribution is -2.62. The Morgan fingerprint density at radius 1 is 0.792 bits per heavy atom. The number of carboxylic acids is 1. The van der Waals surface area contributed by atoms with Gasteiger partial charge in [0.15, 0.2) is 5.96 Å². The fourth-order valence-corrected chi connectivity index (χ4v) is 6.85. The Bertz CT molecular complexity index is 1350. The second-order valence-corrected chi connectivity index (χ2v) is 14.7. The molecule has 9 atom stereocenters. The van der Waals surface area contributed by atoms with Gasteiger partial charge in [-0.05, 0) is 25.7 Å². The molecule has 0 radical (unpaired) electrons. The van der Waals surface area contributed by atoms with E-state index in [2.05, 4.69) is 36.9 Å². The number of aliphatic imine (C=N–C) groups is 1. The minimum absolute atomic E-state index is 0.0434. The van der Waals surface area contributed by atoms with Crippen LogP contribution in [0.2, 0.25) is 0 Å². The monoisotopic (exact) mass is 793 g/mol. The molecule has 1 rings (SSSR count). The van der Waals surface area contributed by atoms with Crippen molar-refractivity contribution in [1.82, 2.24) is 31.9 Å². The molecule has 0 aliphatic carbocycles. The maximum atomic E-state index is 13.4. The van der Waals surface area contributed by atoms with Crippen molar-refractivity contribution in [2.75, 3.05) is 24.7 Å². The summed E-state index contributed by atoms with van der Waals surface area (Å²) in [7, 11) is 2.10. The van der Waals surface area contributed by atoms with Crippen LogP contribution in [0.25, 0.3) is 0 Å². The van der Waals surface area contributed by atoms with Crippen molar-refractivity contribution in [1.29, 1.82) is 0 Å². The highest BCUT2D eigenvalue weighted by Crippen LogP contribution is 2.23. The second kappa shape index (κ2) is 23.3. The van der Waals surface area contributed by atoms with Crippen LogP contribution in [-0.2, 0) is 38.4 Å². The lowest BCUT2D eigenvalue weighted by Gasteiger charge is -2.29. The van der Waals surface area contributed by atoms with E-state index in [1.165, 1.54) is 0 Å². The van der Waals surface area contributed by atoms with Crippen LogP contribution >= 0.6 is 21.6 Å². The summed E-state index contributed by atoms with van der Waals surface area (Å²) in [4.78, 5) is 107. The molecule has 0 spiro atoms. The summed E-state index contributed by atoms with van der Waals surface area (Å²) < 4.78 is 0. The summed E-state index contributed by atoms with van der Waals surface area (Å²) in [6.45, 7) is 3.49. The number of nitrogens with one attached hydrogen (secondary N) is 6. The molecule has 1 saturated heterocycles. The molecule has 7 amide bonds. The first-order chi connectivity index (χ1) is 24.8. The lowest BCUT2D eigenvalue weighted by molar-refractivity contribution is -0.142. The highest BCUT2D eigenvalue weighted by Gasteiger charge is 2.36. The number of aliphatic hydroxyl groups excluding tert-OH is 2. The normalized spacial score (nSPS) is 27.3. The van der Waals surface area contributed by atoms with Gasteiger partial charge in [0.2, 0.25) is 41.4 Å². The van der Waals surface area contributed by atoms with E-state index in [9.17, 15) is 53.7 Å². The van der Waals surface area contributed by atoms with E-state index in [-0.39, 0.29) is 36.9 Å². The highest BCUT2D eigenvalue weighted by atomic mass is 33.1. The number of aliphatic hydroxyl groups is 2. The number of primary amides is 1. The molecule has 0 bridgehead atoms. The number of rotatable bonds is 11. The average Bonchev–Trinajstić information content (AvgIpc) is 3.08. The number of nitrogens with zero attached hydrogens (tertiary/aromatic N) is 1. The molecule has 0 saturated carbocycles. The standard InChI is InChI=1S/C29H51N11O11S2/c1-4-12(2)20-27(50)38-18(22(31)45)11-53-52-10-14(30)23(46)35-15(6-5-7-34-29(32)33)24(47)37-17(9-41)26(49)36-16(8-19(43)44)25(48)40-21(13(3)42)28(51)39-20/h12-18,20-21,41-42H,4-11,30H2,1-3H3,(H2,31,45)(H,35,46)(H,36,49)(H,37,47)(H,38,50)(H,39,51)(H,40,48)(H,43,44)(H4,32,33,34)/t12-,13+,14+,15+,16+,17-,18+,20+,21-/m0/s1. The van der Waals surface area contributed by atoms with Gasteiger partial charge in [0, 0.05) is 18.1 Å². The van der Waals surface area contributed by atoms with Crippen LogP contribution < -0.4 is 54.8 Å². The predicted octanol–water partition coefficient (Wildman–Crippen LogP) is -5.95. The highest BCUT2D eigenvalue weighted by molar-refractivity contribution is 8.76. The Hall–Kier alpha value is -4.39. The van der Waals surface area contributed by atoms with Crippen LogP contribution in [0.4, 0.5) is 0 Å². The minimum Gasteiger partial charge on any atom is -0.481 e. The average molecular weight is 794 g/mol. The minimum atomic E-state index is -1.91. The number of amides is 7. The smallest absolute Gasteiger partial charge is 0.305 e. The number of carbonyl (C=O) groups is 8. The summed E-state index contributed by atoms with van der Waals surface area (Å²) in [5.74, 6) is -9.49. The largest absolute Gasteiger partial charge is 0.481 e. The maximum Gasteiger partial charge on any atom is 0.305 e. The number of nitrogens with two attached hydrogens (primary N) is 4. The molecule has 0 aromatic heterocycles. The number of carboxylic acid groups (broad SMARTS) is 1. The molecule has 300 valence electrons. The first-order valence-electron chi connectivity index (χ1n) is 16.5. The molecule has 0 aromatic carbocycles. The van der Waals surface area contributed by atoms with Crippen molar-refractivity contribution in [3.8, 4) is 0 Å².